The van der Waals surface area contributed by atoms with E-state index in [0.29, 0.717) is 0 Å². The Labute approximate surface area is 205 Å². The maximum atomic E-state index is 10.6. The highest BCUT2D eigenvalue weighted by molar-refractivity contribution is 7.95. The third kappa shape index (κ3) is 6.41. The van der Waals surface area contributed by atoms with Gasteiger partial charge < -0.3 is 10.2 Å². The van der Waals surface area contributed by atoms with Crippen LogP contribution in [0.5, 0.6) is 0 Å². The van der Waals surface area contributed by atoms with Gasteiger partial charge in [-0.3, -0.25) is 4.55 Å². The van der Waals surface area contributed by atoms with E-state index >= 15 is 0 Å². The van der Waals surface area contributed by atoms with Crippen molar-refractivity contribution in [3.63, 3.8) is 0 Å². The Morgan fingerprint density at radius 2 is 1.11 bits per heavy atom. The second-order valence-electron chi connectivity index (χ2n) is 7.57. The summed E-state index contributed by atoms with van der Waals surface area (Å²) in [6.45, 7) is 0.187. The van der Waals surface area contributed by atoms with Crippen molar-refractivity contribution in [2.75, 3.05) is 12.8 Å². The molecule has 0 amide bonds. The molecule has 0 unspecified atom stereocenters. The molecule has 4 rings (SSSR count). The Morgan fingerprint density at radius 1 is 0.686 bits per heavy atom. The van der Waals surface area contributed by atoms with E-state index in [9.17, 15) is 18.3 Å². The van der Waals surface area contributed by atoms with Gasteiger partial charge in [-0.05, 0) is 54.6 Å². The summed E-state index contributed by atoms with van der Waals surface area (Å²) >= 11 is 0. The Balaban J connectivity index is 0.000000225. The van der Waals surface area contributed by atoms with E-state index in [1.165, 1.54) is 28.0 Å². The standard InChI is InChI=1S/C20H20OP.C7H6O5S/c21-16-17-22(18-10-4-1-5-11-18,19-12-6-2-7-13-19)20-14-8-3-9-15-20;8-7(9)5-2-1-3-6(4-5)13(10,11)12/h1-15,21H,16-17H2;1-4H,(H,8,9)(H,10,11,12)/q+1;. The normalized spacial score (nSPS) is 11.3. The quantitative estimate of drug-likeness (QED) is 0.259. The van der Waals surface area contributed by atoms with Gasteiger partial charge in [-0.15, -0.1) is 0 Å². The molecule has 0 saturated heterocycles. The SMILES string of the molecule is O=C(O)c1cccc(S(=O)(=O)O)c1.OCC[P+](c1ccccc1)(c1ccccc1)c1ccccc1. The van der Waals surface area contributed by atoms with E-state index in [4.69, 9.17) is 9.66 Å². The summed E-state index contributed by atoms with van der Waals surface area (Å²) in [6, 6.07) is 36.4. The minimum absolute atomic E-state index is 0.185. The van der Waals surface area contributed by atoms with Crippen LogP contribution in [0.15, 0.2) is 120 Å². The second kappa shape index (κ2) is 11.9. The van der Waals surface area contributed by atoms with Gasteiger partial charge >= 0.3 is 5.97 Å². The fourth-order valence-electron chi connectivity index (χ4n) is 3.82. The van der Waals surface area contributed by atoms with Crippen LogP contribution in [0.25, 0.3) is 0 Å². The molecule has 4 aromatic rings. The van der Waals surface area contributed by atoms with Crippen molar-refractivity contribution in [2.24, 2.45) is 0 Å². The molecule has 180 valence electrons. The van der Waals surface area contributed by atoms with Crippen molar-refractivity contribution in [2.45, 2.75) is 4.90 Å². The lowest BCUT2D eigenvalue weighted by Crippen LogP contribution is -2.34. The Hall–Kier alpha value is -3.35. The molecule has 0 aliphatic heterocycles. The minimum atomic E-state index is -4.32. The number of aliphatic hydroxyl groups excluding tert-OH is 1. The molecule has 0 atom stereocenters. The van der Waals surface area contributed by atoms with Crippen LogP contribution in [-0.4, -0.2) is 41.9 Å². The second-order valence-corrected chi connectivity index (χ2v) is 12.6. The summed E-state index contributed by atoms with van der Waals surface area (Å²) in [4.78, 5) is 9.98. The molecular weight excluding hydrogens is 483 g/mol. The topological polar surface area (TPSA) is 112 Å². The number of aliphatic hydroxyl groups is 1. The maximum absolute atomic E-state index is 10.6. The molecule has 0 aromatic heterocycles. The predicted octanol–water partition coefficient (Wildman–Crippen LogP) is 3.60. The summed E-state index contributed by atoms with van der Waals surface area (Å²) in [5, 5.41) is 22.3. The smallest absolute Gasteiger partial charge is 0.335 e. The van der Waals surface area contributed by atoms with Gasteiger partial charge in [-0.25, -0.2) is 4.79 Å². The lowest BCUT2D eigenvalue weighted by atomic mass is 10.2. The van der Waals surface area contributed by atoms with Crippen molar-refractivity contribution < 1.29 is 28.0 Å². The van der Waals surface area contributed by atoms with E-state index in [0.717, 1.165) is 18.3 Å². The third-order valence-electron chi connectivity index (χ3n) is 5.41. The predicted molar refractivity (Wildman–Crippen MR) is 140 cm³/mol. The number of aromatic carboxylic acids is 1. The van der Waals surface area contributed by atoms with Gasteiger partial charge in [0.1, 0.15) is 23.2 Å². The van der Waals surface area contributed by atoms with Crippen LogP contribution in [0.3, 0.4) is 0 Å². The molecule has 3 N–H and O–H groups in total. The van der Waals surface area contributed by atoms with Gasteiger partial charge in [-0.2, -0.15) is 8.42 Å². The minimum Gasteiger partial charge on any atom is -0.478 e. The van der Waals surface area contributed by atoms with Crippen LogP contribution in [0, 0.1) is 0 Å². The molecule has 0 aliphatic carbocycles. The highest BCUT2D eigenvalue weighted by Gasteiger charge is 2.44. The zero-order valence-electron chi connectivity index (χ0n) is 18.8. The Bertz CT molecular complexity index is 1250. The fraction of sp³-hybridized carbons (Fsp3) is 0.0741. The maximum Gasteiger partial charge on any atom is 0.335 e. The van der Waals surface area contributed by atoms with E-state index in [1.807, 2.05) is 18.2 Å². The Kier molecular flexibility index (Phi) is 8.90. The molecular formula is C27H26O6PS+. The average Bonchev–Trinajstić information content (AvgIpc) is 2.89. The number of carboxylic acid groups (broad SMARTS) is 1. The fourth-order valence-corrected chi connectivity index (χ4v) is 8.36. The van der Waals surface area contributed by atoms with Crippen molar-refractivity contribution in [3.05, 3.63) is 121 Å². The van der Waals surface area contributed by atoms with Gasteiger partial charge in [0.25, 0.3) is 10.1 Å². The highest BCUT2D eigenvalue weighted by atomic mass is 32.2. The molecule has 0 heterocycles. The molecule has 0 aliphatic rings. The summed E-state index contributed by atoms with van der Waals surface area (Å²) in [5.74, 6) is -1.24. The summed E-state index contributed by atoms with van der Waals surface area (Å²) in [6.07, 6.45) is 0.769. The summed E-state index contributed by atoms with van der Waals surface area (Å²) < 4.78 is 29.7. The van der Waals surface area contributed by atoms with Crippen molar-refractivity contribution in [1.82, 2.24) is 0 Å². The summed E-state index contributed by atoms with van der Waals surface area (Å²) in [7, 11) is -6.13. The zero-order chi connectivity index (χ0) is 25.3. The number of carboxylic acids is 1. The molecule has 4 aromatic carbocycles. The molecule has 8 heteroatoms. The van der Waals surface area contributed by atoms with Crippen molar-refractivity contribution in [3.8, 4) is 0 Å². The van der Waals surface area contributed by atoms with Gasteiger partial charge in [-0.1, -0.05) is 60.7 Å². The number of rotatable bonds is 7. The van der Waals surface area contributed by atoms with E-state index in [-0.39, 0.29) is 12.2 Å². The third-order valence-corrected chi connectivity index (χ3v) is 10.7. The lowest BCUT2D eigenvalue weighted by Gasteiger charge is -2.26. The first kappa shape index (κ1) is 26.3. The number of carbonyl (C=O) groups is 1. The van der Waals surface area contributed by atoms with Crippen LogP contribution >= 0.6 is 7.26 Å². The first-order valence-electron chi connectivity index (χ1n) is 10.8. The summed E-state index contributed by atoms with van der Waals surface area (Å²) in [5.41, 5.74) is -0.185. The van der Waals surface area contributed by atoms with Crippen LogP contribution < -0.4 is 15.9 Å². The average molecular weight is 510 g/mol. The zero-order valence-corrected chi connectivity index (χ0v) is 20.5. The van der Waals surface area contributed by atoms with Gasteiger partial charge in [0.15, 0.2) is 0 Å². The van der Waals surface area contributed by atoms with Crippen LogP contribution in [0.4, 0.5) is 0 Å². The number of benzene rings is 4. The number of hydrogen-bond donors (Lipinski definition) is 3. The van der Waals surface area contributed by atoms with Gasteiger partial charge in [0.05, 0.1) is 23.2 Å². The number of hydrogen-bond acceptors (Lipinski definition) is 4. The first-order chi connectivity index (χ1) is 16.8. The van der Waals surface area contributed by atoms with Gasteiger partial charge in [0.2, 0.25) is 0 Å². The molecule has 0 radical (unpaired) electrons. The van der Waals surface area contributed by atoms with E-state index < -0.39 is 28.2 Å². The van der Waals surface area contributed by atoms with E-state index in [2.05, 4.69) is 72.8 Å². The van der Waals surface area contributed by atoms with Gasteiger partial charge in [0, 0.05) is 0 Å². The largest absolute Gasteiger partial charge is 0.478 e. The molecule has 0 spiro atoms. The van der Waals surface area contributed by atoms with Crippen molar-refractivity contribution >= 4 is 39.3 Å². The van der Waals surface area contributed by atoms with Crippen LogP contribution in [0.2, 0.25) is 0 Å². The Morgan fingerprint density at radius 3 is 1.46 bits per heavy atom. The monoisotopic (exact) mass is 509 g/mol. The highest BCUT2D eigenvalue weighted by Crippen LogP contribution is 2.54. The molecule has 0 saturated carbocycles. The molecule has 35 heavy (non-hydrogen) atoms. The molecule has 0 bridgehead atoms. The lowest BCUT2D eigenvalue weighted by molar-refractivity contribution is 0.0696. The molecule has 0 fully saturated rings. The van der Waals surface area contributed by atoms with E-state index in [1.54, 1.807) is 0 Å². The first-order valence-corrected chi connectivity index (χ1v) is 14.2. The van der Waals surface area contributed by atoms with Crippen LogP contribution in [-0.2, 0) is 10.1 Å². The van der Waals surface area contributed by atoms with Crippen LogP contribution in [0.1, 0.15) is 10.4 Å². The van der Waals surface area contributed by atoms with Crippen molar-refractivity contribution in [1.29, 1.82) is 0 Å². The molecule has 6 nitrogen and oxygen atoms in total.